The number of hydrogen-bond donors (Lipinski definition) is 1. The molecule has 0 aliphatic rings. The van der Waals surface area contributed by atoms with Crippen molar-refractivity contribution in [2.45, 2.75) is 18.4 Å². The number of aryl methyl sites for hydroxylation is 1. The highest BCUT2D eigenvalue weighted by Gasteiger charge is 2.11. The summed E-state index contributed by atoms with van der Waals surface area (Å²) in [6.45, 7) is 1.98. The van der Waals surface area contributed by atoms with E-state index in [1.807, 2.05) is 31.2 Å². The Labute approximate surface area is 114 Å². The van der Waals surface area contributed by atoms with Crippen LogP contribution < -0.4 is 5.73 Å². The topological polar surface area (TPSA) is 43.1 Å². The Morgan fingerprint density at radius 3 is 2.53 bits per heavy atom. The van der Waals surface area contributed by atoms with Crippen molar-refractivity contribution in [2.24, 2.45) is 0 Å². The first-order chi connectivity index (χ1) is 9.08. The summed E-state index contributed by atoms with van der Waals surface area (Å²) in [6, 6.07) is 12.3. The highest BCUT2D eigenvalue weighted by molar-refractivity contribution is 7.83. The Kier molecular flexibility index (Phi) is 4.32. The average Bonchev–Trinajstić information content (AvgIpc) is 2.37. The normalized spacial score (nSPS) is 12.3. The van der Waals surface area contributed by atoms with Gasteiger partial charge in [0.1, 0.15) is 5.82 Å². The summed E-state index contributed by atoms with van der Waals surface area (Å²) in [4.78, 5) is 0. The van der Waals surface area contributed by atoms with Crippen molar-refractivity contribution in [1.29, 1.82) is 0 Å². The predicted octanol–water partition coefficient (Wildman–Crippen LogP) is 3.17. The minimum Gasteiger partial charge on any atom is -0.398 e. The van der Waals surface area contributed by atoms with Crippen LogP contribution in [0.15, 0.2) is 42.5 Å². The summed E-state index contributed by atoms with van der Waals surface area (Å²) >= 11 is 0. The molecular formula is C15H16FNOS. The molecule has 2 aromatic rings. The molecule has 0 fully saturated rings. The van der Waals surface area contributed by atoms with Gasteiger partial charge in [0, 0.05) is 27.8 Å². The first-order valence-corrected chi connectivity index (χ1v) is 7.49. The standard InChI is InChI=1S/C15H16FNOS/c1-11-5-2-3-6-12(11)9-19(18)10-13-14(16)7-4-8-15(13)17/h2-8H,9-10,17H2,1H3. The third-order valence-corrected chi connectivity index (χ3v) is 4.28. The molecule has 0 aromatic heterocycles. The highest BCUT2D eigenvalue weighted by Crippen LogP contribution is 2.19. The van der Waals surface area contributed by atoms with E-state index < -0.39 is 16.6 Å². The third kappa shape index (κ3) is 3.41. The predicted molar refractivity (Wildman–Crippen MR) is 77.5 cm³/mol. The second kappa shape index (κ2) is 5.97. The second-order valence-electron chi connectivity index (χ2n) is 4.46. The molecule has 4 heteroatoms. The van der Waals surface area contributed by atoms with Crippen molar-refractivity contribution >= 4 is 16.5 Å². The number of hydrogen-bond acceptors (Lipinski definition) is 2. The summed E-state index contributed by atoms with van der Waals surface area (Å²) < 4.78 is 25.7. The summed E-state index contributed by atoms with van der Waals surface area (Å²) in [7, 11) is -1.17. The molecule has 0 aliphatic carbocycles. The van der Waals surface area contributed by atoms with Gasteiger partial charge in [-0.25, -0.2) is 4.39 Å². The van der Waals surface area contributed by atoms with Crippen LogP contribution in [0.2, 0.25) is 0 Å². The van der Waals surface area contributed by atoms with Crippen molar-refractivity contribution in [3.05, 3.63) is 65.0 Å². The minimum absolute atomic E-state index is 0.146. The molecule has 19 heavy (non-hydrogen) atoms. The van der Waals surface area contributed by atoms with E-state index in [9.17, 15) is 8.60 Å². The Morgan fingerprint density at radius 1 is 1.11 bits per heavy atom. The molecule has 0 bridgehead atoms. The van der Waals surface area contributed by atoms with Crippen molar-refractivity contribution < 1.29 is 8.60 Å². The Bertz CT molecular complexity index is 593. The molecule has 0 radical (unpaired) electrons. The largest absolute Gasteiger partial charge is 0.398 e. The fraction of sp³-hybridized carbons (Fsp3) is 0.200. The maximum atomic E-state index is 13.6. The van der Waals surface area contributed by atoms with Gasteiger partial charge in [-0.1, -0.05) is 30.3 Å². The minimum atomic E-state index is -1.17. The molecule has 0 spiro atoms. The fourth-order valence-electron chi connectivity index (χ4n) is 1.89. The summed E-state index contributed by atoms with van der Waals surface area (Å²) in [5, 5.41) is 0. The van der Waals surface area contributed by atoms with Crippen LogP contribution in [0.5, 0.6) is 0 Å². The van der Waals surface area contributed by atoms with Crippen LogP contribution in [0.3, 0.4) is 0 Å². The van der Waals surface area contributed by atoms with E-state index >= 15 is 0 Å². The van der Waals surface area contributed by atoms with E-state index in [1.165, 1.54) is 6.07 Å². The number of nitrogen functional groups attached to an aromatic ring is 1. The highest BCUT2D eigenvalue weighted by atomic mass is 32.2. The van der Waals surface area contributed by atoms with Gasteiger partial charge in [-0.3, -0.25) is 4.21 Å². The molecule has 0 amide bonds. The molecular weight excluding hydrogens is 261 g/mol. The molecule has 1 unspecified atom stereocenters. The van der Waals surface area contributed by atoms with E-state index in [1.54, 1.807) is 12.1 Å². The van der Waals surface area contributed by atoms with Gasteiger partial charge in [-0.05, 0) is 30.2 Å². The smallest absolute Gasteiger partial charge is 0.129 e. The lowest BCUT2D eigenvalue weighted by Gasteiger charge is -2.08. The number of anilines is 1. The lowest BCUT2D eigenvalue weighted by atomic mass is 10.1. The lowest BCUT2D eigenvalue weighted by molar-refractivity contribution is 0.616. The van der Waals surface area contributed by atoms with Gasteiger partial charge in [-0.15, -0.1) is 0 Å². The van der Waals surface area contributed by atoms with Crippen LogP contribution in [0.4, 0.5) is 10.1 Å². The van der Waals surface area contributed by atoms with Gasteiger partial charge in [-0.2, -0.15) is 0 Å². The van der Waals surface area contributed by atoms with Crippen LogP contribution >= 0.6 is 0 Å². The average molecular weight is 277 g/mol. The van der Waals surface area contributed by atoms with Crippen LogP contribution in [0.25, 0.3) is 0 Å². The molecule has 2 N–H and O–H groups in total. The summed E-state index contributed by atoms with van der Waals surface area (Å²) in [6.07, 6.45) is 0. The van der Waals surface area contributed by atoms with Crippen molar-refractivity contribution in [3.63, 3.8) is 0 Å². The number of nitrogens with two attached hydrogens (primary N) is 1. The van der Waals surface area contributed by atoms with Crippen LogP contribution in [-0.4, -0.2) is 4.21 Å². The Morgan fingerprint density at radius 2 is 1.84 bits per heavy atom. The second-order valence-corrected chi connectivity index (χ2v) is 5.92. The molecule has 1 atom stereocenters. The molecule has 2 aromatic carbocycles. The van der Waals surface area contributed by atoms with E-state index in [-0.39, 0.29) is 5.75 Å². The van der Waals surface area contributed by atoms with Crippen molar-refractivity contribution in [1.82, 2.24) is 0 Å². The quantitative estimate of drug-likeness (QED) is 0.872. The number of halogens is 1. The zero-order valence-electron chi connectivity index (χ0n) is 10.7. The molecule has 0 saturated heterocycles. The van der Waals surface area contributed by atoms with Crippen molar-refractivity contribution in [2.75, 3.05) is 5.73 Å². The maximum absolute atomic E-state index is 13.6. The molecule has 0 saturated carbocycles. The number of rotatable bonds is 4. The van der Waals surface area contributed by atoms with Gasteiger partial charge in [0.05, 0.1) is 5.75 Å². The zero-order chi connectivity index (χ0) is 13.8. The van der Waals surface area contributed by atoms with Gasteiger partial charge in [0.15, 0.2) is 0 Å². The van der Waals surface area contributed by atoms with E-state index in [2.05, 4.69) is 0 Å². The van der Waals surface area contributed by atoms with E-state index in [0.29, 0.717) is 17.0 Å². The van der Waals surface area contributed by atoms with Crippen LogP contribution in [0, 0.1) is 12.7 Å². The SMILES string of the molecule is Cc1ccccc1CS(=O)Cc1c(N)cccc1F. The van der Waals surface area contributed by atoms with Gasteiger partial charge in [0.25, 0.3) is 0 Å². The zero-order valence-corrected chi connectivity index (χ0v) is 11.5. The van der Waals surface area contributed by atoms with Gasteiger partial charge >= 0.3 is 0 Å². The third-order valence-electron chi connectivity index (χ3n) is 3.04. The first kappa shape index (κ1) is 13.7. The first-order valence-electron chi connectivity index (χ1n) is 6.00. The lowest BCUT2D eigenvalue weighted by Crippen LogP contribution is -2.05. The molecule has 100 valence electrons. The van der Waals surface area contributed by atoms with E-state index in [4.69, 9.17) is 5.73 Å². The monoisotopic (exact) mass is 277 g/mol. The molecule has 2 nitrogen and oxygen atoms in total. The maximum Gasteiger partial charge on any atom is 0.129 e. The van der Waals surface area contributed by atoms with Gasteiger partial charge in [0.2, 0.25) is 0 Å². The molecule has 0 aliphatic heterocycles. The van der Waals surface area contributed by atoms with E-state index in [0.717, 1.165) is 11.1 Å². The van der Waals surface area contributed by atoms with Crippen molar-refractivity contribution in [3.8, 4) is 0 Å². The van der Waals surface area contributed by atoms with Gasteiger partial charge < -0.3 is 5.73 Å². The summed E-state index contributed by atoms with van der Waals surface area (Å²) in [5.74, 6) is 0.172. The summed E-state index contributed by atoms with van der Waals surface area (Å²) in [5.41, 5.74) is 8.54. The molecule has 0 heterocycles. The Hall–Kier alpha value is -1.68. The van der Waals surface area contributed by atoms with Crippen LogP contribution in [0.1, 0.15) is 16.7 Å². The van der Waals surface area contributed by atoms with Crippen LogP contribution in [-0.2, 0) is 22.3 Å². The Balaban J connectivity index is 2.12. The fourth-order valence-corrected chi connectivity index (χ4v) is 3.28. The number of benzene rings is 2. The molecule has 2 rings (SSSR count).